The number of nitrogens with one attached hydrogen (secondary N) is 1. The Bertz CT molecular complexity index is 994. The number of rotatable bonds is 7. The number of aryl methyl sites for hydroxylation is 2. The lowest BCUT2D eigenvalue weighted by atomic mass is 9.95. The topological polar surface area (TPSA) is 116 Å². The molecule has 0 spiro atoms. The van der Waals surface area contributed by atoms with Crippen LogP contribution in [0.4, 0.5) is 10.7 Å². The van der Waals surface area contributed by atoms with Crippen molar-refractivity contribution in [2.45, 2.75) is 65.8 Å². The van der Waals surface area contributed by atoms with Crippen molar-refractivity contribution in [2.24, 2.45) is 0 Å². The van der Waals surface area contributed by atoms with Crippen molar-refractivity contribution >= 4 is 33.9 Å². The fourth-order valence-electron chi connectivity index (χ4n) is 3.76. The first-order chi connectivity index (χ1) is 14.3. The molecule has 10 heteroatoms. The minimum atomic E-state index is -0.781. The molecule has 9 nitrogen and oxygen atoms in total. The predicted octanol–water partition coefficient (Wildman–Crippen LogP) is 4.11. The summed E-state index contributed by atoms with van der Waals surface area (Å²) in [5.41, 5.74) is 1.89. The predicted molar refractivity (Wildman–Crippen MR) is 113 cm³/mol. The van der Waals surface area contributed by atoms with Crippen LogP contribution in [0.1, 0.15) is 71.3 Å². The number of nitro groups is 1. The fraction of sp³-hybridized carbons (Fsp3) is 0.550. The molecule has 1 N–H and O–H groups in total. The van der Waals surface area contributed by atoms with Gasteiger partial charge in [0, 0.05) is 4.88 Å². The summed E-state index contributed by atoms with van der Waals surface area (Å²) in [6.45, 7) is 6.98. The van der Waals surface area contributed by atoms with Crippen LogP contribution in [-0.4, -0.2) is 33.2 Å². The molecule has 2 heterocycles. The SMILES string of the molecule is CCCOC(=O)c1c(NC(=O)C(C)n2nc(C)c([N+](=O)[O-])c2C)sc2c1CCCC2. The van der Waals surface area contributed by atoms with E-state index in [-0.39, 0.29) is 11.4 Å². The molecule has 0 aliphatic heterocycles. The van der Waals surface area contributed by atoms with Gasteiger partial charge in [-0.05, 0) is 58.4 Å². The number of hydrogen-bond donors (Lipinski definition) is 1. The van der Waals surface area contributed by atoms with Gasteiger partial charge < -0.3 is 10.1 Å². The van der Waals surface area contributed by atoms with Crippen molar-refractivity contribution in [3.63, 3.8) is 0 Å². The number of nitrogens with zero attached hydrogens (tertiary/aromatic N) is 3. The lowest BCUT2D eigenvalue weighted by molar-refractivity contribution is -0.386. The highest BCUT2D eigenvalue weighted by molar-refractivity contribution is 7.17. The van der Waals surface area contributed by atoms with Crippen molar-refractivity contribution in [3.05, 3.63) is 37.5 Å². The molecule has 3 rings (SSSR count). The van der Waals surface area contributed by atoms with E-state index in [9.17, 15) is 19.7 Å². The third kappa shape index (κ3) is 4.09. The largest absolute Gasteiger partial charge is 0.462 e. The Morgan fingerprint density at radius 1 is 1.33 bits per heavy atom. The molecule has 0 saturated carbocycles. The Morgan fingerprint density at radius 3 is 2.67 bits per heavy atom. The number of esters is 1. The van der Waals surface area contributed by atoms with Gasteiger partial charge in [0.1, 0.15) is 22.4 Å². The van der Waals surface area contributed by atoms with Gasteiger partial charge in [-0.2, -0.15) is 5.10 Å². The van der Waals surface area contributed by atoms with E-state index in [0.717, 1.165) is 36.1 Å². The van der Waals surface area contributed by atoms with Gasteiger partial charge in [0.25, 0.3) is 0 Å². The van der Waals surface area contributed by atoms with E-state index in [4.69, 9.17) is 4.74 Å². The van der Waals surface area contributed by atoms with Crippen molar-refractivity contribution in [3.8, 4) is 0 Å². The van der Waals surface area contributed by atoms with Gasteiger partial charge in [0.2, 0.25) is 5.91 Å². The summed E-state index contributed by atoms with van der Waals surface area (Å²) in [6, 6.07) is -0.781. The minimum Gasteiger partial charge on any atom is -0.462 e. The lowest BCUT2D eigenvalue weighted by Gasteiger charge is -2.15. The third-order valence-electron chi connectivity index (χ3n) is 5.27. The normalized spacial score (nSPS) is 14.1. The summed E-state index contributed by atoms with van der Waals surface area (Å²) in [5, 5.41) is 18.8. The number of carbonyl (C=O) groups is 2. The molecule has 0 fully saturated rings. The Labute approximate surface area is 178 Å². The second-order valence-electron chi connectivity index (χ2n) is 7.44. The number of thiophene rings is 1. The molecule has 2 aromatic heterocycles. The van der Waals surface area contributed by atoms with E-state index in [1.54, 1.807) is 20.8 Å². The van der Waals surface area contributed by atoms with Gasteiger partial charge in [-0.1, -0.05) is 6.92 Å². The summed E-state index contributed by atoms with van der Waals surface area (Å²) < 4.78 is 6.71. The third-order valence-corrected chi connectivity index (χ3v) is 6.47. The van der Waals surface area contributed by atoms with Crippen molar-refractivity contribution in [1.82, 2.24) is 9.78 Å². The van der Waals surface area contributed by atoms with E-state index in [0.29, 0.717) is 29.3 Å². The molecule has 1 unspecified atom stereocenters. The van der Waals surface area contributed by atoms with E-state index in [2.05, 4.69) is 10.4 Å². The number of ether oxygens (including phenoxy) is 1. The summed E-state index contributed by atoms with van der Waals surface area (Å²) in [7, 11) is 0. The van der Waals surface area contributed by atoms with Gasteiger partial charge in [0.15, 0.2) is 0 Å². The highest BCUT2D eigenvalue weighted by Gasteiger charge is 2.30. The zero-order chi connectivity index (χ0) is 22.0. The Hall–Kier alpha value is -2.75. The molecule has 0 radical (unpaired) electrons. The van der Waals surface area contributed by atoms with E-state index >= 15 is 0 Å². The van der Waals surface area contributed by atoms with Gasteiger partial charge in [0.05, 0.1) is 17.1 Å². The van der Waals surface area contributed by atoms with Gasteiger partial charge in [-0.15, -0.1) is 11.3 Å². The van der Waals surface area contributed by atoms with Crippen LogP contribution in [0.25, 0.3) is 0 Å². The smallest absolute Gasteiger partial charge is 0.341 e. The maximum absolute atomic E-state index is 13.0. The lowest BCUT2D eigenvalue weighted by Crippen LogP contribution is -2.26. The molecule has 30 heavy (non-hydrogen) atoms. The molecule has 0 bridgehead atoms. The molecule has 0 aromatic carbocycles. The summed E-state index contributed by atoms with van der Waals surface area (Å²) in [4.78, 5) is 37.5. The minimum absolute atomic E-state index is 0.0925. The van der Waals surface area contributed by atoms with Crippen LogP contribution in [0, 0.1) is 24.0 Å². The molecular formula is C20H26N4O5S. The van der Waals surface area contributed by atoms with Crippen LogP contribution in [0.15, 0.2) is 0 Å². The van der Waals surface area contributed by atoms with E-state index in [1.807, 2.05) is 6.92 Å². The van der Waals surface area contributed by atoms with Crippen molar-refractivity contribution in [2.75, 3.05) is 11.9 Å². The summed E-state index contributed by atoms with van der Waals surface area (Å²) >= 11 is 1.41. The van der Waals surface area contributed by atoms with Crippen LogP contribution in [0.5, 0.6) is 0 Å². The molecule has 1 atom stereocenters. The number of anilines is 1. The van der Waals surface area contributed by atoms with Crippen LogP contribution in [-0.2, 0) is 22.4 Å². The number of fused-ring (bicyclic) bond motifs is 1. The molecule has 1 aliphatic carbocycles. The average Bonchev–Trinajstić information content (AvgIpc) is 3.21. The van der Waals surface area contributed by atoms with E-state index < -0.39 is 22.8 Å². The average molecular weight is 435 g/mol. The van der Waals surface area contributed by atoms with Crippen LogP contribution in [0.2, 0.25) is 0 Å². The molecular weight excluding hydrogens is 408 g/mol. The number of carbonyl (C=O) groups excluding carboxylic acids is 2. The molecule has 0 saturated heterocycles. The zero-order valence-corrected chi connectivity index (χ0v) is 18.4. The molecule has 162 valence electrons. The van der Waals surface area contributed by atoms with Gasteiger partial charge in [-0.3, -0.25) is 19.6 Å². The second-order valence-corrected chi connectivity index (χ2v) is 8.54. The number of aromatic nitrogens is 2. The number of amides is 1. The van der Waals surface area contributed by atoms with Crippen LogP contribution >= 0.6 is 11.3 Å². The fourth-order valence-corrected chi connectivity index (χ4v) is 5.04. The second kappa shape index (κ2) is 8.95. The van der Waals surface area contributed by atoms with Crippen molar-refractivity contribution in [1.29, 1.82) is 0 Å². The van der Waals surface area contributed by atoms with Crippen LogP contribution < -0.4 is 5.32 Å². The highest BCUT2D eigenvalue weighted by atomic mass is 32.1. The Morgan fingerprint density at radius 2 is 2.03 bits per heavy atom. The standard InChI is InChI=1S/C20H26N4O5S/c1-5-10-29-20(26)16-14-8-6-7-9-15(14)30-19(16)21-18(25)13(4)23-12(3)17(24(27)28)11(2)22-23/h13H,5-10H2,1-4H3,(H,21,25). The van der Waals surface area contributed by atoms with E-state index in [1.165, 1.54) is 16.0 Å². The first-order valence-electron chi connectivity index (χ1n) is 10.1. The monoisotopic (exact) mass is 434 g/mol. The first-order valence-corrected chi connectivity index (χ1v) is 10.9. The summed E-state index contributed by atoms with van der Waals surface area (Å²) in [6.07, 6.45) is 4.43. The van der Waals surface area contributed by atoms with Crippen LogP contribution in [0.3, 0.4) is 0 Å². The number of hydrogen-bond acceptors (Lipinski definition) is 7. The van der Waals surface area contributed by atoms with Gasteiger partial charge in [-0.25, -0.2) is 4.79 Å². The molecule has 2 aromatic rings. The first kappa shape index (κ1) is 21.9. The maximum Gasteiger partial charge on any atom is 0.341 e. The molecule has 1 aliphatic rings. The quantitative estimate of drug-likeness (QED) is 0.398. The summed E-state index contributed by atoms with van der Waals surface area (Å²) in [5.74, 6) is -0.806. The highest BCUT2D eigenvalue weighted by Crippen LogP contribution is 2.39. The molecule has 1 amide bonds. The van der Waals surface area contributed by atoms with Crippen molar-refractivity contribution < 1.29 is 19.2 Å². The maximum atomic E-state index is 13.0. The Balaban J connectivity index is 1.89. The zero-order valence-electron chi connectivity index (χ0n) is 17.6. The van der Waals surface area contributed by atoms with Gasteiger partial charge >= 0.3 is 11.7 Å². The Kier molecular flexibility index (Phi) is 6.55.